The molecular formula is C32H34Cl2O4. The summed E-state index contributed by atoms with van der Waals surface area (Å²) < 4.78 is 13.2. The van der Waals surface area contributed by atoms with Gasteiger partial charge in [-0.25, -0.2) is 0 Å². The number of carbonyl (C=O) groups is 1. The molecule has 0 aromatic heterocycles. The van der Waals surface area contributed by atoms with E-state index < -0.39 is 5.97 Å². The molecule has 0 aliphatic carbocycles. The van der Waals surface area contributed by atoms with Crippen LogP contribution in [0.15, 0.2) is 78.9 Å². The summed E-state index contributed by atoms with van der Waals surface area (Å²) in [6, 6.07) is 21.2. The van der Waals surface area contributed by atoms with E-state index in [1.807, 2.05) is 67.6 Å². The van der Waals surface area contributed by atoms with E-state index in [0.29, 0.717) is 28.0 Å². The van der Waals surface area contributed by atoms with Gasteiger partial charge in [0.2, 0.25) is 0 Å². The summed E-state index contributed by atoms with van der Waals surface area (Å²) in [5.41, 5.74) is 4.68. The van der Waals surface area contributed by atoms with E-state index >= 15 is 0 Å². The topological polar surface area (TPSA) is 55.8 Å². The van der Waals surface area contributed by atoms with Crippen LogP contribution in [-0.4, -0.2) is 17.2 Å². The van der Waals surface area contributed by atoms with Crippen molar-refractivity contribution < 1.29 is 19.4 Å². The van der Waals surface area contributed by atoms with Crippen molar-refractivity contribution >= 4 is 29.2 Å². The Morgan fingerprint density at radius 3 is 2.45 bits per heavy atom. The smallest absolute Gasteiger partial charge is 0.307 e. The van der Waals surface area contributed by atoms with Crippen LogP contribution in [0.2, 0.25) is 10.0 Å². The summed E-state index contributed by atoms with van der Waals surface area (Å²) >= 11 is 12.5. The Balaban J connectivity index is 1.72. The number of halogens is 2. The number of rotatable bonds is 10. The fraction of sp³-hybridized carbons (Fsp3) is 0.344. The molecule has 0 spiro atoms. The summed E-state index contributed by atoms with van der Waals surface area (Å²) in [4.78, 5) is 11.5. The lowest BCUT2D eigenvalue weighted by Crippen LogP contribution is -2.36. The third kappa shape index (κ3) is 6.99. The average molecular weight is 554 g/mol. The van der Waals surface area contributed by atoms with E-state index in [-0.39, 0.29) is 30.5 Å². The molecule has 4 atom stereocenters. The molecule has 3 aromatic carbocycles. The first-order chi connectivity index (χ1) is 18.2. The Bertz CT molecular complexity index is 1290. The summed E-state index contributed by atoms with van der Waals surface area (Å²) in [6.45, 7) is 8.84. The maximum absolute atomic E-state index is 11.5. The van der Waals surface area contributed by atoms with Crippen molar-refractivity contribution in [3.8, 4) is 5.75 Å². The molecule has 1 aliphatic heterocycles. The average Bonchev–Trinajstić information content (AvgIpc) is 2.87. The van der Waals surface area contributed by atoms with Gasteiger partial charge in [-0.05, 0) is 72.9 Å². The van der Waals surface area contributed by atoms with Gasteiger partial charge >= 0.3 is 5.97 Å². The molecule has 0 radical (unpaired) electrons. The summed E-state index contributed by atoms with van der Waals surface area (Å²) in [5.74, 6) is -0.0217. The Kier molecular flexibility index (Phi) is 9.54. The number of aliphatic carboxylic acids is 1. The van der Waals surface area contributed by atoms with Crippen LogP contribution in [0.3, 0.4) is 0 Å². The Labute approximate surface area is 235 Å². The van der Waals surface area contributed by atoms with E-state index in [0.717, 1.165) is 41.5 Å². The van der Waals surface area contributed by atoms with Gasteiger partial charge in [-0.1, -0.05) is 79.0 Å². The Morgan fingerprint density at radius 2 is 1.79 bits per heavy atom. The second kappa shape index (κ2) is 12.8. The highest BCUT2D eigenvalue weighted by atomic mass is 35.5. The lowest BCUT2D eigenvalue weighted by Gasteiger charge is -2.43. The highest BCUT2D eigenvalue weighted by Crippen LogP contribution is 2.49. The molecule has 4 nitrogen and oxygen atoms in total. The SMILES string of the molecule is C=C(C)[C@H]1C[C@H](c2cccc(Cl)c2)[C@@H](CCC)O[C@@H]1c1cc(CC(=O)O)ccc1OCc1cccc(Cl)c1. The fourth-order valence-corrected chi connectivity index (χ4v) is 5.75. The quantitative estimate of drug-likeness (QED) is 0.255. The minimum atomic E-state index is -0.880. The zero-order chi connectivity index (χ0) is 27.2. The van der Waals surface area contributed by atoms with Gasteiger partial charge in [0.1, 0.15) is 12.4 Å². The first kappa shape index (κ1) is 28.2. The van der Waals surface area contributed by atoms with Crippen molar-refractivity contribution in [3.05, 3.63) is 111 Å². The maximum Gasteiger partial charge on any atom is 0.307 e. The summed E-state index contributed by atoms with van der Waals surface area (Å²) in [7, 11) is 0. The second-order valence-electron chi connectivity index (χ2n) is 10.1. The molecule has 6 heteroatoms. The van der Waals surface area contributed by atoms with Crippen LogP contribution in [0.4, 0.5) is 0 Å². The predicted octanol–water partition coefficient (Wildman–Crippen LogP) is 8.81. The Hall–Kier alpha value is -2.79. The molecule has 4 rings (SSSR count). The molecule has 0 bridgehead atoms. The summed E-state index contributed by atoms with van der Waals surface area (Å²) in [5, 5.41) is 10.8. The zero-order valence-electron chi connectivity index (χ0n) is 21.8. The molecular weight excluding hydrogens is 519 g/mol. The van der Waals surface area contributed by atoms with Gasteiger partial charge in [0.15, 0.2) is 0 Å². The number of ether oxygens (including phenoxy) is 2. The lowest BCUT2D eigenvalue weighted by atomic mass is 9.74. The molecule has 1 heterocycles. The van der Waals surface area contributed by atoms with Crippen molar-refractivity contribution in [2.45, 2.75) is 64.3 Å². The highest BCUT2D eigenvalue weighted by Gasteiger charge is 2.40. The molecule has 0 unspecified atom stereocenters. The van der Waals surface area contributed by atoms with Crippen LogP contribution in [0.25, 0.3) is 0 Å². The minimum Gasteiger partial charge on any atom is -0.489 e. The van der Waals surface area contributed by atoms with Crippen molar-refractivity contribution in [2.75, 3.05) is 0 Å². The highest BCUT2D eigenvalue weighted by molar-refractivity contribution is 6.30. The van der Waals surface area contributed by atoms with E-state index in [1.165, 1.54) is 0 Å². The van der Waals surface area contributed by atoms with E-state index in [9.17, 15) is 9.90 Å². The van der Waals surface area contributed by atoms with E-state index in [1.54, 1.807) is 0 Å². The predicted molar refractivity (Wildman–Crippen MR) is 153 cm³/mol. The zero-order valence-corrected chi connectivity index (χ0v) is 23.3. The van der Waals surface area contributed by atoms with Crippen LogP contribution in [0.5, 0.6) is 5.75 Å². The van der Waals surface area contributed by atoms with Gasteiger partial charge < -0.3 is 14.6 Å². The normalized spacial score (nSPS) is 21.2. The van der Waals surface area contributed by atoms with Crippen molar-refractivity contribution in [1.29, 1.82) is 0 Å². The molecule has 3 aromatic rings. The van der Waals surface area contributed by atoms with Crippen LogP contribution >= 0.6 is 23.2 Å². The molecule has 1 saturated heterocycles. The monoisotopic (exact) mass is 552 g/mol. The van der Waals surface area contributed by atoms with Crippen LogP contribution in [0, 0.1) is 5.92 Å². The molecule has 38 heavy (non-hydrogen) atoms. The third-order valence-corrected chi connectivity index (χ3v) is 7.62. The van der Waals surface area contributed by atoms with Gasteiger partial charge in [-0.2, -0.15) is 0 Å². The van der Waals surface area contributed by atoms with Gasteiger partial charge in [0.25, 0.3) is 0 Å². The number of carboxylic acids is 1. The minimum absolute atomic E-state index is 0.0145. The van der Waals surface area contributed by atoms with Gasteiger partial charge in [-0.15, -0.1) is 0 Å². The largest absolute Gasteiger partial charge is 0.489 e. The maximum atomic E-state index is 11.5. The molecule has 1 aliphatic rings. The van der Waals surface area contributed by atoms with Gasteiger partial charge in [0, 0.05) is 27.4 Å². The number of carboxylic acid groups (broad SMARTS) is 1. The first-order valence-corrected chi connectivity index (χ1v) is 13.8. The second-order valence-corrected chi connectivity index (χ2v) is 11.0. The van der Waals surface area contributed by atoms with Crippen LogP contribution in [0.1, 0.15) is 67.4 Å². The molecule has 1 N–H and O–H groups in total. The van der Waals surface area contributed by atoms with Crippen LogP contribution < -0.4 is 4.74 Å². The first-order valence-electron chi connectivity index (χ1n) is 13.0. The van der Waals surface area contributed by atoms with E-state index in [4.69, 9.17) is 32.7 Å². The standard InChI is InChI=1S/C32H34Cl2O4/c1-4-7-30-27(23-9-6-11-25(34)17-23)18-26(20(2)3)32(38-30)28-15-21(16-31(35)36)12-13-29(28)37-19-22-8-5-10-24(33)14-22/h5-6,8-15,17,26-27,30,32H,2,4,7,16,18-19H2,1,3H3,(H,35,36)/t26-,27-,30-,32+/m1/s1. The van der Waals surface area contributed by atoms with Crippen LogP contribution in [-0.2, 0) is 22.6 Å². The summed E-state index contributed by atoms with van der Waals surface area (Å²) in [6.07, 6.45) is 2.30. The fourth-order valence-electron chi connectivity index (χ4n) is 5.34. The lowest BCUT2D eigenvalue weighted by molar-refractivity contribution is -0.136. The molecule has 0 saturated carbocycles. The van der Waals surface area contributed by atoms with Crippen molar-refractivity contribution in [3.63, 3.8) is 0 Å². The number of hydrogen-bond donors (Lipinski definition) is 1. The Morgan fingerprint density at radius 1 is 1.05 bits per heavy atom. The number of benzene rings is 3. The molecule has 1 fully saturated rings. The van der Waals surface area contributed by atoms with E-state index in [2.05, 4.69) is 19.6 Å². The third-order valence-electron chi connectivity index (χ3n) is 7.15. The van der Waals surface area contributed by atoms with Gasteiger partial charge in [0.05, 0.1) is 18.6 Å². The number of hydrogen-bond acceptors (Lipinski definition) is 3. The van der Waals surface area contributed by atoms with Gasteiger partial charge in [-0.3, -0.25) is 4.79 Å². The van der Waals surface area contributed by atoms with Crippen molar-refractivity contribution in [1.82, 2.24) is 0 Å². The molecule has 200 valence electrons. The van der Waals surface area contributed by atoms with Crippen molar-refractivity contribution in [2.24, 2.45) is 5.92 Å². The molecule has 0 amide bonds.